The fraction of sp³-hybridized carbons (Fsp3) is 0.533. The monoisotopic (exact) mass is 264 g/mol. The molecule has 4 heteroatoms. The van der Waals surface area contributed by atoms with Crippen LogP contribution in [0.15, 0.2) is 12.1 Å². The lowest BCUT2D eigenvalue weighted by Crippen LogP contribution is -2.29. The second-order valence-electron chi connectivity index (χ2n) is 4.76. The third kappa shape index (κ3) is 4.91. The van der Waals surface area contributed by atoms with Crippen LogP contribution in [0.2, 0.25) is 0 Å². The molecular formula is C15H24N2O2. The molecular weight excluding hydrogens is 240 g/mol. The van der Waals surface area contributed by atoms with Gasteiger partial charge in [-0.3, -0.25) is 4.79 Å². The van der Waals surface area contributed by atoms with Gasteiger partial charge >= 0.3 is 0 Å². The number of hydrogen-bond acceptors (Lipinski definition) is 3. The van der Waals surface area contributed by atoms with Crippen molar-refractivity contribution in [1.29, 1.82) is 0 Å². The van der Waals surface area contributed by atoms with Crippen molar-refractivity contribution in [1.82, 2.24) is 5.32 Å². The van der Waals surface area contributed by atoms with E-state index in [9.17, 15) is 4.79 Å². The first-order valence-electron chi connectivity index (χ1n) is 6.78. The van der Waals surface area contributed by atoms with Gasteiger partial charge in [-0.2, -0.15) is 0 Å². The molecule has 0 spiro atoms. The first-order valence-corrected chi connectivity index (χ1v) is 6.78. The normalized spacial score (nSPS) is 10.3. The van der Waals surface area contributed by atoms with Crippen molar-refractivity contribution >= 4 is 5.91 Å². The topological polar surface area (TPSA) is 64.3 Å². The number of hydrogen-bond donors (Lipinski definition) is 2. The molecule has 0 bridgehead atoms. The molecule has 0 radical (unpaired) electrons. The van der Waals surface area contributed by atoms with E-state index >= 15 is 0 Å². The van der Waals surface area contributed by atoms with Crippen LogP contribution in [-0.2, 0) is 11.3 Å². The standard InChI is InChI=1S/C15H24N2O2/c1-4-5-6-17-14(18)10-19-15-11(2)7-13(9-16)8-12(15)3/h7-8H,4-6,9-10,16H2,1-3H3,(H,17,18). The van der Waals surface area contributed by atoms with Crippen molar-refractivity contribution < 1.29 is 9.53 Å². The highest BCUT2D eigenvalue weighted by Crippen LogP contribution is 2.24. The van der Waals surface area contributed by atoms with Gasteiger partial charge in [-0.25, -0.2) is 0 Å². The van der Waals surface area contributed by atoms with Gasteiger partial charge in [0.25, 0.3) is 5.91 Å². The van der Waals surface area contributed by atoms with Crippen molar-refractivity contribution in [3.05, 3.63) is 28.8 Å². The van der Waals surface area contributed by atoms with Crippen LogP contribution in [0.1, 0.15) is 36.5 Å². The molecule has 3 N–H and O–H groups in total. The van der Waals surface area contributed by atoms with Gasteiger partial charge in [0.05, 0.1) is 0 Å². The molecule has 0 aliphatic heterocycles. The number of aryl methyl sites for hydroxylation is 2. The molecule has 0 aliphatic carbocycles. The molecule has 1 rings (SSSR count). The minimum Gasteiger partial charge on any atom is -0.483 e. The fourth-order valence-corrected chi connectivity index (χ4v) is 1.98. The Hall–Kier alpha value is -1.55. The highest BCUT2D eigenvalue weighted by Gasteiger charge is 2.08. The van der Waals surface area contributed by atoms with E-state index in [4.69, 9.17) is 10.5 Å². The lowest BCUT2D eigenvalue weighted by Gasteiger charge is -2.13. The minimum atomic E-state index is -0.0739. The van der Waals surface area contributed by atoms with Gasteiger partial charge < -0.3 is 15.8 Å². The van der Waals surface area contributed by atoms with Crippen LogP contribution in [-0.4, -0.2) is 19.1 Å². The van der Waals surface area contributed by atoms with Gasteiger partial charge in [0.2, 0.25) is 0 Å². The summed E-state index contributed by atoms with van der Waals surface area (Å²) in [5.74, 6) is 0.706. The van der Waals surface area contributed by atoms with Crippen LogP contribution in [0.4, 0.5) is 0 Å². The van der Waals surface area contributed by atoms with Crippen LogP contribution in [0, 0.1) is 13.8 Å². The summed E-state index contributed by atoms with van der Waals surface area (Å²) in [5, 5.41) is 2.83. The Morgan fingerprint density at radius 1 is 1.32 bits per heavy atom. The van der Waals surface area contributed by atoms with Gasteiger partial charge in [-0.05, 0) is 37.0 Å². The number of carbonyl (C=O) groups excluding carboxylic acids is 1. The molecule has 0 heterocycles. The average molecular weight is 264 g/mol. The Bertz CT molecular complexity index is 407. The summed E-state index contributed by atoms with van der Waals surface area (Å²) in [6.07, 6.45) is 2.06. The Balaban J connectivity index is 2.55. The summed E-state index contributed by atoms with van der Waals surface area (Å²) < 4.78 is 5.61. The van der Waals surface area contributed by atoms with E-state index in [1.807, 2.05) is 26.0 Å². The van der Waals surface area contributed by atoms with Crippen LogP contribution >= 0.6 is 0 Å². The Morgan fingerprint density at radius 2 is 1.95 bits per heavy atom. The molecule has 0 unspecified atom stereocenters. The third-order valence-electron chi connectivity index (χ3n) is 2.96. The predicted molar refractivity (Wildman–Crippen MR) is 77.2 cm³/mol. The summed E-state index contributed by atoms with van der Waals surface area (Å²) in [7, 11) is 0. The average Bonchev–Trinajstić information content (AvgIpc) is 2.37. The molecule has 106 valence electrons. The lowest BCUT2D eigenvalue weighted by molar-refractivity contribution is -0.123. The van der Waals surface area contributed by atoms with E-state index < -0.39 is 0 Å². The molecule has 0 aromatic heterocycles. The number of rotatable bonds is 7. The fourth-order valence-electron chi connectivity index (χ4n) is 1.98. The summed E-state index contributed by atoms with van der Waals surface area (Å²) >= 11 is 0. The molecule has 19 heavy (non-hydrogen) atoms. The SMILES string of the molecule is CCCCNC(=O)COc1c(C)cc(CN)cc1C. The van der Waals surface area contributed by atoms with Gasteiger partial charge in [-0.15, -0.1) is 0 Å². The smallest absolute Gasteiger partial charge is 0.257 e. The number of ether oxygens (including phenoxy) is 1. The number of amides is 1. The number of carbonyl (C=O) groups is 1. The van der Waals surface area contributed by atoms with Crippen LogP contribution < -0.4 is 15.8 Å². The molecule has 0 saturated heterocycles. The molecule has 0 atom stereocenters. The maximum atomic E-state index is 11.6. The summed E-state index contributed by atoms with van der Waals surface area (Å²) in [4.78, 5) is 11.6. The van der Waals surface area contributed by atoms with E-state index in [2.05, 4.69) is 12.2 Å². The zero-order valence-electron chi connectivity index (χ0n) is 12.1. The summed E-state index contributed by atoms with van der Waals surface area (Å²) in [6, 6.07) is 3.99. The highest BCUT2D eigenvalue weighted by molar-refractivity contribution is 5.77. The predicted octanol–water partition coefficient (Wildman–Crippen LogP) is 2.06. The zero-order valence-corrected chi connectivity index (χ0v) is 12.1. The van der Waals surface area contributed by atoms with Crippen LogP contribution in [0.5, 0.6) is 5.75 Å². The van der Waals surface area contributed by atoms with Crippen molar-refractivity contribution in [3.63, 3.8) is 0 Å². The lowest BCUT2D eigenvalue weighted by atomic mass is 10.1. The molecule has 4 nitrogen and oxygen atoms in total. The van der Waals surface area contributed by atoms with Gasteiger partial charge in [-0.1, -0.05) is 25.5 Å². The van der Waals surface area contributed by atoms with Crippen molar-refractivity contribution in [2.45, 2.75) is 40.2 Å². The quantitative estimate of drug-likeness (QED) is 0.741. The Morgan fingerprint density at radius 3 is 2.47 bits per heavy atom. The summed E-state index contributed by atoms with van der Waals surface area (Å²) in [6.45, 7) is 7.32. The second kappa shape index (κ2) is 7.79. The molecule has 0 aliphatic rings. The van der Waals surface area contributed by atoms with Crippen molar-refractivity contribution in [3.8, 4) is 5.75 Å². The third-order valence-corrected chi connectivity index (χ3v) is 2.96. The van der Waals surface area contributed by atoms with Crippen LogP contribution in [0.25, 0.3) is 0 Å². The maximum Gasteiger partial charge on any atom is 0.257 e. The summed E-state index contributed by atoms with van der Waals surface area (Å²) in [5.41, 5.74) is 8.73. The number of unbranched alkanes of at least 4 members (excludes halogenated alkanes) is 1. The van der Waals surface area contributed by atoms with Crippen LogP contribution in [0.3, 0.4) is 0 Å². The molecule has 0 fully saturated rings. The first kappa shape index (κ1) is 15.5. The van der Waals surface area contributed by atoms with E-state index in [-0.39, 0.29) is 12.5 Å². The number of benzene rings is 1. The van der Waals surface area contributed by atoms with Gasteiger partial charge in [0.1, 0.15) is 5.75 Å². The van der Waals surface area contributed by atoms with E-state index in [0.717, 1.165) is 35.3 Å². The van der Waals surface area contributed by atoms with E-state index in [1.54, 1.807) is 0 Å². The Kier molecular flexibility index (Phi) is 6.36. The van der Waals surface area contributed by atoms with E-state index in [1.165, 1.54) is 0 Å². The zero-order chi connectivity index (χ0) is 14.3. The minimum absolute atomic E-state index is 0.0629. The first-order chi connectivity index (χ1) is 9.08. The van der Waals surface area contributed by atoms with Gasteiger partial charge in [0, 0.05) is 13.1 Å². The molecule has 1 aromatic rings. The molecule has 1 amide bonds. The maximum absolute atomic E-state index is 11.6. The van der Waals surface area contributed by atoms with Crippen molar-refractivity contribution in [2.75, 3.05) is 13.2 Å². The number of nitrogens with one attached hydrogen (secondary N) is 1. The van der Waals surface area contributed by atoms with Gasteiger partial charge in [0.15, 0.2) is 6.61 Å². The van der Waals surface area contributed by atoms with E-state index in [0.29, 0.717) is 13.1 Å². The molecule has 0 saturated carbocycles. The number of nitrogens with two attached hydrogens (primary N) is 1. The second-order valence-corrected chi connectivity index (χ2v) is 4.76. The largest absolute Gasteiger partial charge is 0.483 e. The molecule has 1 aromatic carbocycles. The van der Waals surface area contributed by atoms with Crippen molar-refractivity contribution in [2.24, 2.45) is 5.73 Å². The Labute approximate surface area is 115 Å². The highest BCUT2D eigenvalue weighted by atomic mass is 16.5.